The van der Waals surface area contributed by atoms with Gasteiger partial charge in [0.1, 0.15) is 0 Å². The number of rotatable bonds is 2. The third-order valence-corrected chi connectivity index (χ3v) is 12.4. The van der Waals surface area contributed by atoms with Crippen LogP contribution >= 0.6 is 0 Å². The molecule has 0 saturated carbocycles. The summed E-state index contributed by atoms with van der Waals surface area (Å²) >= 11 is 0.898. The van der Waals surface area contributed by atoms with Crippen LogP contribution in [0, 0.1) is 6.08 Å². The van der Waals surface area contributed by atoms with E-state index in [4.69, 9.17) is 0 Å². The maximum atomic E-state index is 12.5. The van der Waals surface area contributed by atoms with Crippen LogP contribution in [0.4, 0.5) is 26.3 Å². The fourth-order valence-electron chi connectivity index (χ4n) is 7.97. The molecule has 304 valence electrons. The van der Waals surface area contributed by atoms with Crippen LogP contribution < -0.4 is 24.8 Å². The topological polar surface area (TPSA) is 0 Å². The molecular weight excluding hydrogens is 865 g/mol. The van der Waals surface area contributed by atoms with Gasteiger partial charge in [0, 0.05) is 5.41 Å². The van der Waals surface area contributed by atoms with Gasteiger partial charge in [-0.05, 0) is 58.4 Å². The normalized spacial score (nSPS) is 15.4. The summed E-state index contributed by atoms with van der Waals surface area (Å²) in [4.78, 5) is 0. The van der Waals surface area contributed by atoms with E-state index in [1.807, 2.05) is 0 Å². The molecule has 0 aromatic heterocycles. The summed E-state index contributed by atoms with van der Waals surface area (Å²) in [6.45, 7) is 20.4. The molecule has 3 aliphatic rings. The summed E-state index contributed by atoms with van der Waals surface area (Å²) in [6, 6.07) is 27.5. The Morgan fingerprint density at radius 1 is 0.638 bits per heavy atom. The van der Waals surface area contributed by atoms with E-state index < -0.39 is 23.5 Å². The Balaban J connectivity index is 0.000000208. The third-order valence-electron chi connectivity index (χ3n) is 11.0. The first kappa shape index (κ1) is 47.3. The molecule has 0 spiro atoms. The van der Waals surface area contributed by atoms with E-state index in [2.05, 4.69) is 123 Å². The zero-order valence-corrected chi connectivity index (χ0v) is 38.0. The SMILES string of the molecule is CC(C)(C)c1cc[cH-]c1.CC1=[C-]C(C)(C)c2cc3c(cc21)-c1cc2c(cc1C3)C(C)(C)C=C2C.FC(F)(F)c1ccc([C](=[Zr+2])c2ccc(C(F)(F)F)cc2)cc1.[Cl-].[Cl-]. The predicted octanol–water partition coefficient (Wildman–Crippen LogP) is 8.00. The van der Waals surface area contributed by atoms with Gasteiger partial charge in [-0.1, -0.05) is 84.4 Å². The van der Waals surface area contributed by atoms with Crippen LogP contribution in [0.1, 0.15) is 124 Å². The van der Waals surface area contributed by atoms with Crippen LogP contribution in [0.5, 0.6) is 0 Å². The molecule has 8 rings (SSSR count). The minimum atomic E-state index is -4.41. The molecular formula is C49H46Cl2F6Zr-2. The summed E-state index contributed by atoms with van der Waals surface area (Å²) in [5, 5.41) is 0. The maximum absolute atomic E-state index is 12.5. The Hall–Kier alpha value is -3.38. The van der Waals surface area contributed by atoms with Crippen LogP contribution in [-0.2, 0) is 59.3 Å². The van der Waals surface area contributed by atoms with E-state index in [1.54, 1.807) is 0 Å². The Bertz CT molecular complexity index is 2210. The second kappa shape index (κ2) is 16.9. The Morgan fingerprint density at radius 2 is 1.10 bits per heavy atom. The van der Waals surface area contributed by atoms with Crippen molar-refractivity contribution in [2.45, 2.75) is 97.3 Å². The molecule has 0 heterocycles. The van der Waals surface area contributed by atoms with Crippen LogP contribution in [0.25, 0.3) is 22.3 Å². The fourth-order valence-corrected chi connectivity index (χ4v) is 8.79. The smallest absolute Gasteiger partial charge is 1.00 e. The van der Waals surface area contributed by atoms with E-state index in [0.29, 0.717) is 19.7 Å². The van der Waals surface area contributed by atoms with Gasteiger partial charge in [0.05, 0.1) is 0 Å². The molecule has 0 bridgehead atoms. The first-order chi connectivity index (χ1) is 25.9. The van der Waals surface area contributed by atoms with Crippen molar-refractivity contribution in [3.8, 4) is 11.1 Å². The van der Waals surface area contributed by atoms with Crippen molar-refractivity contribution in [1.29, 1.82) is 0 Å². The van der Waals surface area contributed by atoms with E-state index in [9.17, 15) is 26.3 Å². The number of hydrogen-bond donors (Lipinski definition) is 0. The van der Waals surface area contributed by atoms with E-state index in [1.165, 1.54) is 85.5 Å². The molecule has 0 N–H and O–H groups in total. The summed E-state index contributed by atoms with van der Waals surface area (Å²) in [5.74, 6) is 0. The Morgan fingerprint density at radius 3 is 1.52 bits per heavy atom. The molecule has 0 aliphatic heterocycles. The van der Waals surface area contributed by atoms with Gasteiger partial charge < -0.3 is 24.8 Å². The van der Waals surface area contributed by atoms with Crippen LogP contribution in [-0.4, -0.2) is 3.21 Å². The van der Waals surface area contributed by atoms with E-state index >= 15 is 0 Å². The average Bonchev–Trinajstić information content (AvgIpc) is 3.87. The summed E-state index contributed by atoms with van der Waals surface area (Å²) < 4.78 is 75.6. The molecule has 9 heteroatoms. The molecule has 5 aromatic carbocycles. The van der Waals surface area contributed by atoms with Crippen molar-refractivity contribution in [3.63, 3.8) is 0 Å². The molecule has 0 nitrogen and oxygen atoms in total. The molecule has 0 unspecified atom stereocenters. The number of alkyl halides is 6. The minimum absolute atomic E-state index is 0. The predicted molar refractivity (Wildman–Crippen MR) is 214 cm³/mol. The molecule has 3 aliphatic carbocycles. The van der Waals surface area contributed by atoms with Crippen LogP contribution in [0.2, 0.25) is 0 Å². The van der Waals surface area contributed by atoms with Gasteiger partial charge in [-0.15, -0.1) is 11.6 Å². The quantitative estimate of drug-likeness (QED) is 0.122. The van der Waals surface area contributed by atoms with Gasteiger partial charge >= 0.3 is 137 Å². The Kier molecular flexibility index (Phi) is 13.8. The zero-order chi connectivity index (χ0) is 41.2. The van der Waals surface area contributed by atoms with Crippen molar-refractivity contribution >= 4 is 14.4 Å². The van der Waals surface area contributed by atoms with Crippen molar-refractivity contribution in [1.82, 2.24) is 0 Å². The van der Waals surface area contributed by atoms with E-state index in [-0.39, 0.29) is 35.6 Å². The second-order valence-corrected chi connectivity index (χ2v) is 18.4. The zero-order valence-electron chi connectivity index (χ0n) is 34.0. The molecule has 0 fully saturated rings. The third kappa shape index (κ3) is 9.80. The first-order valence-electron chi connectivity index (χ1n) is 18.7. The summed E-state index contributed by atoms with van der Waals surface area (Å²) in [7, 11) is 0. The number of halogens is 8. The maximum Gasteiger partial charge on any atom is -1.00 e. The van der Waals surface area contributed by atoms with Gasteiger partial charge in [-0.3, -0.25) is 6.08 Å². The molecule has 5 aromatic rings. The molecule has 0 radical (unpaired) electrons. The molecule has 0 saturated heterocycles. The largest absolute Gasteiger partial charge is 1.00 e. The van der Waals surface area contributed by atoms with E-state index in [0.717, 1.165) is 54.9 Å². The van der Waals surface area contributed by atoms with Crippen molar-refractivity contribution in [3.05, 3.63) is 170 Å². The number of benzene rings is 4. The summed E-state index contributed by atoms with van der Waals surface area (Å²) in [6.07, 6.45) is -1.68. The molecule has 0 amide bonds. The van der Waals surface area contributed by atoms with Gasteiger partial charge in [0.2, 0.25) is 0 Å². The second-order valence-electron chi connectivity index (χ2n) is 17.2. The number of allylic oxidation sites excluding steroid dienone is 4. The monoisotopic (exact) mass is 908 g/mol. The van der Waals surface area contributed by atoms with Gasteiger partial charge in [0.25, 0.3) is 0 Å². The van der Waals surface area contributed by atoms with Crippen molar-refractivity contribution in [2.75, 3.05) is 0 Å². The summed E-state index contributed by atoms with van der Waals surface area (Å²) in [5.41, 5.74) is 15.9. The average molecular weight is 911 g/mol. The standard InChI is InChI=1S/C25H25.C15H8F6.C9H13.2ClH.Zr/c1-14-12-24(3,4)22-8-16-7-17-9-23-19(15(2)13-25(23,5)6)11-21(17)20(16)10-18(14)22;16-14(17,18)12-5-1-10(2-6-12)9-11-3-7-13(8-4-11)15(19,20)21;1-9(2,3)8-6-4-5-7-8;;;/h8-12H,7H2,1-6H3;1-8H;4-7H,1-3H3;2*1H;/q-1;;-1;;;+2/p-2. The van der Waals surface area contributed by atoms with Crippen LogP contribution in [0.15, 0.2) is 103 Å². The minimum Gasteiger partial charge on any atom is -1.00 e. The van der Waals surface area contributed by atoms with Crippen molar-refractivity contribution in [2.24, 2.45) is 0 Å². The molecule has 0 atom stereocenters. The first-order valence-corrected chi connectivity index (χ1v) is 19.9. The van der Waals surface area contributed by atoms with Gasteiger partial charge in [-0.2, -0.15) is 29.3 Å². The number of fused-ring (bicyclic) bond motifs is 5. The van der Waals surface area contributed by atoms with Gasteiger partial charge in [0.15, 0.2) is 0 Å². The van der Waals surface area contributed by atoms with Crippen molar-refractivity contribution < 1.29 is 75.4 Å². The van der Waals surface area contributed by atoms with Crippen LogP contribution in [0.3, 0.4) is 0 Å². The fraction of sp³-hybridized carbons (Fsp3) is 0.306. The number of hydrogen-bond acceptors (Lipinski definition) is 0. The Labute approximate surface area is 366 Å². The molecule has 58 heavy (non-hydrogen) atoms. The van der Waals surface area contributed by atoms with Gasteiger partial charge in [-0.25, -0.2) is 11.6 Å².